The molecule has 1 fully saturated rings. The van der Waals surface area contributed by atoms with Gasteiger partial charge in [-0.05, 0) is 38.7 Å². The molecule has 1 aliphatic carbocycles. The third-order valence-electron chi connectivity index (χ3n) is 3.90. The van der Waals surface area contributed by atoms with E-state index in [4.69, 9.17) is 0 Å². The van der Waals surface area contributed by atoms with E-state index in [0.29, 0.717) is 18.2 Å². The van der Waals surface area contributed by atoms with Crippen LogP contribution in [0.15, 0.2) is 6.07 Å². The largest absolute Gasteiger partial charge is 0.393 e. The van der Waals surface area contributed by atoms with Crippen molar-refractivity contribution in [1.29, 1.82) is 0 Å². The van der Waals surface area contributed by atoms with Crippen molar-refractivity contribution < 1.29 is 9.90 Å². The molecule has 3 rings (SSSR count). The van der Waals surface area contributed by atoms with Crippen LogP contribution in [0.2, 0.25) is 0 Å². The molecular formula is C14H19N5O2. The quantitative estimate of drug-likeness (QED) is 0.893. The molecule has 1 N–H and O–H groups in total. The number of aliphatic hydroxyl groups excluding tert-OH is 1. The van der Waals surface area contributed by atoms with Gasteiger partial charge in [-0.2, -0.15) is 4.98 Å². The molecule has 0 spiro atoms. The minimum atomic E-state index is -0.209. The fourth-order valence-electron chi connectivity index (χ4n) is 2.75. The van der Waals surface area contributed by atoms with E-state index >= 15 is 0 Å². The highest BCUT2D eigenvalue weighted by atomic mass is 16.3. The highest BCUT2D eigenvalue weighted by Crippen LogP contribution is 2.27. The Labute approximate surface area is 122 Å². The number of nitrogens with zero attached hydrogens (tertiary/aromatic N) is 5. The van der Waals surface area contributed by atoms with E-state index in [1.165, 1.54) is 0 Å². The Morgan fingerprint density at radius 2 is 2.14 bits per heavy atom. The first-order valence-electron chi connectivity index (χ1n) is 7.08. The Morgan fingerprint density at radius 1 is 1.43 bits per heavy atom. The molecule has 0 unspecified atom stereocenters. The second kappa shape index (κ2) is 5.07. The molecule has 0 atom stereocenters. The second-order valence-corrected chi connectivity index (χ2v) is 5.86. The molecule has 0 radical (unpaired) electrons. The van der Waals surface area contributed by atoms with Crippen LogP contribution >= 0.6 is 0 Å². The van der Waals surface area contributed by atoms with Crippen LogP contribution in [-0.4, -0.2) is 55.2 Å². The van der Waals surface area contributed by atoms with Crippen molar-refractivity contribution in [1.82, 2.24) is 24.5 Å². The molecular weight excluding hydrogens is 270 g/mol. The average Bonchev–Trinajstić information content (AvgIpc) is 2.79. The molecule has 2 aromatic heterocycles. The Hall–Kier alpha value is -2.02. The number of carbonyl (C=O) groups excluding carboxylic acids is 1. The minimum Gasteiger partial charge on any atom is -0.393 e. The molecule has 7 nitrogen and oxygen atoms in total. The number of fused-ring (bicyclic) bond motifs is 1. The van der Waals surface area contributed by atoms with Crippen LogP contribution in [0.1, 0.15) is 34.8 Å². The van der Waals surface area contributed by atoms with E-state index in [0.717, 1.165) is 24.2 Å². The van der Waals surface area contributed by atoms with Gasteiger partial charge >= 0.3 is 0 Å². The topological polar surface area (TPSA) is 83.6 Å². The number of aryl methyl sites for hydroxylation is 2. The summed E-state index contributed by atoms with van der Waals surface area (Å²) in [6.07, 6.45) is 1.31. The van der Waals surface area contributed by atoms with Gasteiger partial charge in [-0.15, -0.1) is 5.10 Å². The number of aliphatic hydroxyl groups is 1. The van der Waals surface area contributed by atoms with E-state index < -0.39 is 0 Å². The standard InChI is InChI=1S/C14H19N5O2/c1-8-4-9(2)19-14(15-8)16-12(17-19)13(21)18(3)7-10-5-11(20)6-10/h4,10-11,20H,5-7H2,1-3H3. The summed E-state index contributed by atoms with van der Waals surface area (Å²) in [7, 11) is 1.74. The van der Waals surface area contributed by atoms with Crippen LogP contribution in [0, 0.1) is 19.8 Å². The maximum atomic E-state index is 12.4. The zero-order valence-corrected chi connectivity index (χ0v) is 12.4. The van der Waals surface area contributed by atoms with Gasteiger partial charge in [-0.1, -0.05) is 0 Å². The fourth-order valence-corrected chi connectivity index (χ4v) is 2.75. The third-order valence-corrected chi connectivity index (χ3v) is 3.90. The minimum absolute atomic E-state index is 0.165. The van der Waals surface area contributed by atoms with Crippen LogP contribution < -0.4 is 0 Å². The summed E-state index contributed by atoms with van der Waals surface area (Å²) in [5.41, 5.74) is 1.75. The van der Waals surface area contributed by atoms with E-state index in [-0.39, 0.29) is 17.8 Å². The van der Waals surface area contributed by atoms with E-state index in [1.54, 1.807) is 16.5 Å². The van der Waals surface area contributed by atoms with Crippen molar-refractivity contribution in [2.24, 2.45) is 5.92 Å². The van der Waals surface area contributed by atoms with Gasteiger partial charge < -0.3 is 10.0 Å². The smallest absolute Gasteiger partial charge is 0.293 e. The maximum Gasteiger partial charge on any atom is 0.293 e. The molecule has 112 valence electrons. The lowest BCUT2D eigenvalue weighted by Crippen LogP contribution is -2.39. The average molecular weight is 289 g/mol. The van der Waals surface area contributed by atoms with Gasteiger partial charge in [-0.25, -0.2) is 9.50 Å². The summed E-state index contributed by atoms with van der Waals surface area (Å²) < 4.78 is 1.58. The Balaban J connectivity index is 1.79. The molecule has 7 heteroatoms. The van der Waals surface area contributed by atoms with Crippen LogP contribution in [0.4, 0.5) is 0 Å². The van der Waals surface area contributed by atoms with Crippen molar-refractivity contribution in [2.75, 3.05) is 13.6 Å². The van der Waals surface area contributed by atoms with Crippen LogP contribution in [0.3, 0.4) is 0 Å². The van der Waals surface area contributed by atoms with E-state index in [9.17, 15) is 9.90 Å². The number of carbonyl (C=O) groups is 1. The Morgan fingerprint density at radius 3 is 2.81 bits per heavy atom. The van der Waals surface area contributed by atoms with Gasteiger partial charge in [0.15, 0.2) is 0 Å². The predicted octanol–water partition coefficient (Wildman–Crippen LogP) is 0.584. The van der Waals surface area contributed by atoms with Gasteiger partial charge in [0.1, 0.15) is 0 Å². The first-order valence-corrected chi connectivity index (χ1v) is 7.08. The maximum absolute atomic E-state index is 12.4. The van der Waals surface area contributed by atoms with E-state index in [2.05, 4.69) is 15.1 Å². The van der Waals surface area contributed by atoms with E-state index in [1.807, 2.05) is 19.9 Å². The SMILES string of the molecule is Cc1cc(C)n2nc(C(=O)N(C)CC3CC(O)C3)nc2n1. The number of aromatic nitrogens is 4. The van der Waals surface area contributed by atoms with Crippen LogP contribution in [0.25, 0.3) is 5.78 Å². The summed E-state index contributed by atoms with van der Waals surface area (Å²) in [5.74, 6) is 0.772. The lowest BCUT2D eigenvalue weighted by atomic mass is 9.82. The van der Waals surface area contributed by atoms with Gasteiger partial charge in [0.25, 0.3) is 11.7 Å². The zero-order chi connectivity index (χ0) is 15.1. The molecule has 0 bridgehead atoms. The number of hydrogen-bond acceptors (Lipinski definition) is 5. The summed E-state index contributed by atoms with van der Waals surface area (Å²) in [6.45, 7) is 4.41. The highest BCUT2D eigenvalue weighted by molar-refractivity contribution is 5.90. The summed E-state index contributed by atoms with van der Waals surface area (Å²) in [4.78, 5) is 22.5. The predicted molar refractivity (Wildman–Crippen MR) is 75.9 cm³/mol. The first-order chi connectivity index (χ1) is 9.94. The molecule has 0 saturated heterocycles. The van der Waals surface area contributed by atoms with Gasteiger partial charge in [0.2, 0.25) is 5.82 Å². The molecule has 0 aromatic carbocycles. The van der Waals surface area contributed by atoms with Crippen molar-refractivity contribution in [3.05, 3.63) is 23.3 Å². The van der Waals surface area contributed by atoms with Crippen molar-refractivity contribution in [3.8, 4) is 0 Å². The van der Waals surface area contributed by atoms with Gasteiger partial charge in [0.05, 0.1) is 6.10 Å². The Kier molecular flexibility index (Phi) is 3.36. The summed E-state index contributed by atoms with van der Waals surface area (Å²) in [6, 6.07) is 1.90. The Bertz CT molecular complexity index is 690. The molecule has 1 amide bonds. The normalized spacial score (nSPS) is 21.3. The molecule has 1 aliphatic rings. The monoisotopic (exact) mass is 289 g/mol. The highest BCUT2D eigenvalue weighted by Gasteiger charge is 2.30. The lowest BCUT2D eigenvalue weighted by Gasteiger charge is -2.34. The van der Waals surface area contributed by atoms with Gasteiger partial charge in [-0.3, -0.25) is 4.79 Å². The van der Waals surface area contributed by atoms with Crippen molar-refractivity contribution >= 4 is 11.7 Å². The molecule has 0 aliphatic heterocycles. The molecule has 21 heavy (non-hydrogen) atoms. The number of amides is 1. The molecule has 2 aromatic rings. The molecule has 1 saturated carbocycles. The van der Waals surface area contributed by atoms with Gasteiger partial charge in [0, 0.05) is 25.0 Å². The first kappa shape index (κ1) is 13.9. The lowest BCUT2D eigenvalue weighted by molar-refractivity contribution is 0.0262. The summed E-state index contributed by atoms with van der Waals surface area (Å²) in [5, 5.41) is 13.5. The van der Waals surface area contributed by atoms with Crippen molar-refractivity contribution in [2.45, 2.75) is 32.8 Å². The molecule has 2 heterocycles. The zero-order valence-electron chi connectivity index (χ0n) is 12.4. The fraction of sp³-hybridized carbons (Fsp3) is 0.571. The second-order valence-electron chi connectivity index (χ2n) is 5.86. The number of rotatable bonds is 3. The van der Waals surface area contributed by atoms with Crippen molar-refractivity contribution in [3.63, 3.8) is 0 Å². The summed E-state index contributed by atoms with van der Waals surface area (Å²) >= 11 is 0. The number of hydrogen-bond donors (Lipinski definition) is 1. The third kappa shape index (κ3) is 2.61. The van der Waals surface area contributed by atoms with Crippen LogP contribution in [-0.2, 0) is 0 Å². The van der Waals surface area contributed by atoms with Crippen LogP contribution in [0.5, 0.6) is 0 Å².